The molecule has 0 radical (unpaired) electrons. The number of ether oxygens (including phenoxy) is 1. The highest BCUT2D eigenvalue weighted by Crippen LogP contribution is 2.18. The van der Waals surface area contributed by atoms with E-state index in [0.29, 0.717) is 12.6 Å². The van der Waals surface area contributed by atoms with Crippen LogP contribution in [0.25, 0.3) is 0 Å². The van der Waals surface area contributed by atoms with Gasteiger partial charge in [-0.2, -0.15) is 0 Å². The summed E-state index contributed by atoms with van der Waals surface area (Å²) in [5.74, 6) is -0.254. The number of carbonyl (C=O) groups excluding carboxylic acids is 1. The van der Waals surface area contributed by atoms with E-state index in [0.717, 1.165) is 5.70 Å². The Morgan fingerprint density at radius 1 is 1.50 bits per heavy atom. The summed E-state index contributed by atoms with van der Waals surface area (Å²) < 4.78 is 4.82. The number of rotatable bonds is 4. The summed E-state index contributed by atoms with van der Waals surface area (Å²) in [6.07, 6.45) is 6.55. The minimum absolute atomic E-state index is 0.254. The molecule has 0 aliphatic heterocycles. The van der Waals surface area contributed by atoms with Gasteiger partial charge in [0, 0.05) is 17.8 Å². The number of carbonyl (C=O) groups is 1. The molecule has 0 unspecified atom stereocenters. The summed E-state index contributed by atoms with van der Waals surface area (Å²) in [5.41, 5.74) is 0.912. The summed E-state index contributed by atoms with van der Waals surface area (Å²) in [5, 5.41) is 3.33. The molecule has 1 rings (SSSR count). The van der Waals surface area contributed by atoms with Gasteiger partial charge >= 0.3 is 5.97 Å². The highest BCUT2D eigenvalue weighted by molar-refractivity contribution is 5.82. The van der Waals surface area contributed by atoms with Crippen LogP contribution in [-0.2, 0) is 9.53 Å². The topological polar surface area (TPSA) is 38.3 Å². The number of allylic oxidation sites excluding steroid dienone is 1. The Kier molecular flexibility index (Phi) is 4.50. The van der Waals surface area contributed by atoms with Crippen LogP contribution in [-0.4, -0.2) is 18.6 Å². The summed E-state index contributed by atoms with van der Waals surface area (Å²) in [6, 6.07) is 0.556. The van der Waals surface area contributed by atoms with Crippen LogP contribution in [0.5, 0.6) is 0 Å². The van der Waals surface area contributed by atoms with Gasteiger partial charge < -0.3 is 10.1 Å². The average molecular weight is 197 g/mol. The lowest BCUT2D eigenvalue weighted by atomic mass is 10.2. The maximum atomic E-state index is 11.1. The number of nitrogens with one attached hydrogen (secondary N) is 1. The Balaban J connectivity index is 2.31. The van der Waals surface area contributed by atoms with Crippen LogP contribution in [0, 0.1) is 0 Å². The van der Waals surface area contributed by atoms with Crippen molar-refractivity contribution in [2.75, 3.05) is 6.61 Å². The van der Waals surface area contributed by atoms with E-state index < -0.39 is 0 Å². The molecule has 3 nitrogen and oxygen atoms in total. The third-order valence-corrected chi connectivity index (χ3v) is 2.41. The van der Waals surface area contributed by atoms with Crippen LogP contribution in [0.15, 0.2) is 11.8 Å². The summed E-state index contributed by atoms with van der Waals surface area (Å²) in [6.45, 7) is 4.16. The zero-order chi connectivity index (χ0) is 10.4. The van der Waals surface area contributed by atoms with E-state index in [4.69, 9.17) is 4.74 Å². The van der Waals surface area contributed by atoms with Gasteiger partial charge in [-0.1, -0.05) is 12.8 Å². The van der Waals surface area contributed by atoms with Gasteiger partial charge in [0.25, 0.3) is 0 Å². The number of esters is 1. The first-order valence-electron chi connectivity index (χ1n) is 5.34. The molecule has 0 amide bonds. The molecule has 0 saturated heterocycles. The summed E-state index contributed by atoms with van der Waals surface area (Å²) in [4.78, 5) is 11.1. The Hall–Kier alpha value is -0.990. The Morgan fingerprint density at radius 2 is 2.14 bits per heavy atom. The zero-order valence-electron chi connectivity index (χ0n) is 9.01. The normalized spacial score (nSPS) is 18.3. The fraction of sp³-hybridized carbons (Fsp3) is 0.727. The van der Waals surface area contributed by atoms with Crippen LogP contribution < -0.4 is 5.32 Å². The highest BCUT2D eigenvalue weighted by Gasteiger charge is 2.14. The molecular formula is C11H19NO2. The lowest BCUT2D eigenvalue weighted by Crippen LogP contribution is -2.24. The predicted molar refractivity (Wildman–Crippen MR) is 55.8 cm³/mol. The van der Waals surface area contributed by atoms with E-state index in [-0.39, 0.29) is 5.97 Å². The number of hydrogen-bond acceptors (Lipinski definition) is 3. The van der Waals surface area contributed by atoms with Gasteiger partial charge in [0.2, 0.25) is 0 Å². The largest absolute Gasteiger partial charge is 0.463 e. The minimum Gasteiger partial charge on any atom is -0.463 e. The van der Waals surface area contributed by atoms with Crippen molar-refractivity contribution in [2.24, 2.45) is 0 Å². The summed E-state index contributed by atoms with van der Waals surface area (Å²) >= 11 is 0. The Bertz CT molecular complexity index is 217. The smallest absolute Gasteiger partial charge is 0.332 e. The van der Waals surface area contributed by atoms with E-state index in [1.54, 1.807) is 0 Å². The van der Waals surface area contributed by atoms with Crippen molar-refractivity contribution in [3.8, 4) is 0 Å². The Morgan fingerprint density at radius 3 is 2.71 bits per heavy atom. The Labute approximate surface area is 85.5 Å². The number of hydrogen-bond donors (Lipinski definition) is 1. The van der Waals surface area contributed by atoms with Crippen LogP contribution in [0.1, 0.15) is 39.5 Å². The lowest BCUT2D eigenvalue weighted by molar-refractivity contribution is -0.137. The molecule has 0 aromatic carbocycles. The molecule has 1 fully saturated rings. The van der Waals surface area contributed by atoms with Crippen molar-refractivity contribution in [2.45, 2.75) is 45.6 Å². The average Bonchev–Trinajstić information content (AvgIpc) is 2.56. The molecule has 0 atom stereocenters. The quantitative estimate of drug-likeness (QED) is 0.553. The van der Waals surface area contributed by atoms with E-state index in [2.05, 4.69) is 5.32 Å². The minimum atomic E-state index is -0.254. The van der Waals surface area contributed by atoms with Gasteiger partial charge in [0.05, 0.1) is 6.61 Å². The van der Waals surface area contributed by atoms with Crippen LogP contribution >= 0.6 is 0 Å². The third kappa shape index (κ3) is 3.81. The van der Waals surface area contributed by atoms with E-state index in [1.807, 2.05) is 13.8 Å². The van der Waals surface area contributed by atoms with Crippen molar-refractivity contribution >= 4 is 5.97 Å². The summed E-state index contributed by atoms with van der Waals surface area (Å²) in [7, 11) is 0. The maximum Gasteiger partial charge on any atom is 0.332 e. The molecule has 0 aromatic rings. The van der Waals surface area contributed by atoms with Crippen molar-refractivity contribution < 1.29 is 9.53 Å². The first-order valence-corrected chi connectivity index (χ1v) is 5.34. The molecule has 0 aromatic heterocycles. The molecule has 1 saturated carbocycles. The van der Waals surface area contributed by atoms with Gasteiger partial charge in [-0.25, -0.2) is 4.79 Å². The standard InChI is InChI=1S/C11H19NO2/c1-3-14-11(13)8-9(2)12-10-6-4-5-7-10/h8,10,12H,3-7H2,1-2H3/b9-8-. The van der Waals surface area contributed by atoms with Crippen LogP contribution in [0.3, 0.4) is 0 Å². The molecule has 0 heterocycles. The van der Waals surface area contributed by atoms with Crippen molar-refractivity contribution in [1.82, 2.24) is 5.32 Å². The first kappa shape index (κ1) is 11.1. The van der Waals surface area contributed by atoms with Gasteiger partial charge in [0.1, 0.15) is 0 Å². The molecule has 0 bridgehead atoms. The highest BCUT2D eigenvalue weighted by atomic mass is 16.5. The SMILES string of the molecule is CCOC(=O)/C=C(/C)NC1CCCC1. The monoisotopic (exact) mass is 197 g/mol. The second-order valence-electron chi connectivity index (χ2n) is 3.71. The van der Waals surface area contributed by atoms with Gasteiger partial charge in [-0.3, -0.25) is 0 Å². The van der Waals surface area contributed by atoms with E-state index >= 15 is 0 Å². The van der Waals surface area contributed by atoms with Gasteiger partial charge in [0.15, 0.2) is 0 Å². The maximum absolute atomic E-state index is 11.1. The predicted octanol–water partition coefficient (Wildman–Crippen LogP) is 1.99. The third-order valence-electron chi connectivity index (χ3n) is 2.41. The molecule has 1 aliphatic carbocycles. The van der Waals surface area contributed by atoms with Crippen LogP contribution in [0.4, 0.5) is 0 Å². The molecule has 1 aliphatic rings. The second kappa shape index (κ2) is 5.68. The lowest BCUT2D eigenvalue weighted by Gasteiger charge is -2.13. The zero-order valence-corrected chi connectivity index (χ0v) is 9.01. The molecule has 3 heteroatoms. The molecule has 14 heavy (non-hydrogen) atoms. The van der Waals surface area contributed by atoms with Crippen molar-refractivity contribution in [1.29, 1.82) is 0 Å². The first-order chi connectivity index (χ1) is 6.72. The van der Waals surface area contributed by atoms with E-state index in [9.17, 15) is 4.79 Å². The van der Waals surface area contributed by atoms with Gasteiger partial charge in [-0.05, 0) is 26.7 Å². The van der Waals surface area contributed by atoms with Crippen molar-refractivity contribution in [3.05, 3.63) is 11.8 Å². The van der Waals surface area contributed by atoms with E-state index in [1.165, 1.54) is 31.8 Å². The van der Waals surface area contributed by atoms with Gasteiger partial charge in [-0.15, -0.1) is 0 Å². The molecule has 1 N–H and O–H groups in total. The van der Waals surface area contributed by atoms with Crippen LogP contribution in [0.2, 0.25) is 0 Å². The second-order valence-corrected chi connectivity index (χ2v) is 3.71. The molecular weight excluding hydrogens is 178 g/mol. The molecule has 0 spiro atoms. The fourth-order valence-electron chi connectivity index (χ4n) is 1.79. The molecule has 80 valence electrons. The van der Waals surface area contributed by atoms with Crippen molar-refractivity contribution in [3.63, 3.8) is 0 Å². The fourth-order valence-corrected chi connectivity index (χ4v) is 1.79.